The van der Waals surface area contributed by atoms with Gasteiger partial charge in [0, 0.05) is 17.9 Å². The van der Waals surface area contributed by atoms with Crippen LogP contribution in [0.4, 0.5) is 0 Å². The van der Waals surface area contributed by atoms with E-state index >= 15 is 0 Å². The molecule has 0 aliphatic carbocycles. The van der Waals surface area contributed by atoms with E-state index in [2.05, 4.69) is 144 Å². The minimum absolute atomic E-state index is 0.542. The molecule has 0 saturated carbocycles. The molecule has 0 radical (unpaired) electrons. The van der Waals surface area contributed by atoms with Gasteiger partial charge in [-0.15, -0.1) is 0 Å². The van der Waals surface area contributed by atoms with E-state index < -0.39 is 7.12 Å². The molecule has 2 N–H and O–H groups in total. The van der Waals surface area contributed by atoms with Crippen LogP contribution >= 0.6 is 63.7 Å². The molecule has 0 atom stereocenters. The molecule has 0 spiro atoms. The summed E-state index contributed by atoms with van der Waals surface area (Å²) >= 11 is 13.7. The van der Waals surface area contributed by atoms with Crippen molar-refractivity contribution in [3.05, 3.63) is 144 Å². The van der Waals surface area contributed by atoms with E-state index in [9.17, 15) is 0 Å². The number of benzene rings is 5. The number of hydrogen-bond donors (Lipinski definition) is 2. The zero-order valence-electron chi connectivity index (χ0n) is 22.4. The van der Waals surface area contributed by atoms with Gasteiger partial charge in [-0.3, -0.25) is 0 Å². The Hall–Kier alpha value is -2.00. The van der Waals surface area contributed by atoms with E-state index in [1.54, 1.807) is 18.2 Å². The van der Waals surface area contributed by atoms with E-state index in [-0.39, 0.29) is 0 Å². The average Bonchev–Trinajstić information content (AvgIpc) is 2.88. The molecule has 204 valence electrons. The molecule has 0 bridgehead atoms. The van der Waals surface area contributed by atoms with Gasteiger partial charge in [0.15, 0.2) is 0 Å². The fourth-order valence-corrected chi connectivity index (χ4v) is 6.82. The summed E-state index contributed by atoms with van der Waals surface area (Å²) < 4.78 is 4.33. The predicted octanol–water partition coefficient (Wildman–Crippen LogP) is 10.0. The van der Waals surface area contributed by atoms with E-state index in [1.807, 2.05) is 31.2 Å². The van der Waals surface area contributed by atoms with Crippen LogP contribution in [0.25, 0.3) is 22.3 Å². The molecule has 0 aliphatic heterocycles. The smallest absolute Gasteiger partial charge is 0.423 e. The van der Waals surface area contributed by atoms with E-state index in [0.717, 1.165) is 23.5 Å². The number of hydrogen-bond acceptors (Lipinski definition) is 2. The Kier molecular flexibility index (Phi) is 12.9. The van der Waals surface area contributed by atoms with Gasteiger partial charge in [0.1, 0.15) is 0 Å². The molecule has 0 unspecified atom stereocenters. The SMILES string of the molecule is Brc1cc(Br)cc(Br)c1.Cc1cccc(-c2cc(Br)cc(-c3cccc(C)c3)c2)c1.Cc1cccc(B(O)O)c1. The van der Waals surface area contributed by atoms with Crippen molar-refractivity contribution in [1.29, 1.82) is 0 Å². The van der Waals surface area contributed by atoms with Gasteiger partial charge < -0.3 is 10.0 Å². The lowest BCUT2D eigenvalue weighted by atomic mass is 9.80. The van der Waals surface area contributed by atoms with Gasteiger partial charge in [0.25, 0.3) is 0 Å². The zero-order chi connectivity index (χ0) is 29.2. The first-order chi connectivity index (χ1) is 19.0. The molecule has 0 aromatic heterocycles. The van der Waals surface area contributed by atoms with Crippen LogP contribution in [0.15, 0.2) is 127 Å². The number of rotatable bonds is 3. The molecule has 2 nitrogen and oxygen atoms in total. The van der Waals surface area contributed by atoms with Crippen LogP contribution in [0.5, 0.6) is 0 Å². The van der Waals surface area contributed by atoms with Crippen LogP contribution in [0.3, 0.4) is 0 Å². The number of aryl methyl sites for hydroxylation is 3. The van der Waals surface area contributed by atoms with Gasteiger partial charge in [0.05, 0.1) is 0 Å². The first-order valence-electron chi connectivity index (χ1n) is 12.5. The van der Waals surface area contributed by atoms with Gasteiger partial charge in [0.2, 0.25) is 0 Å². The predicted molar refractivity (Wildman–Crippen MR) is 185 cm³/mol. The molecule has 0 heterocycles. The molecule has 5 aromatic carbocycles. The van der Waals surface area contributed by atoms with Crippen molar-refractivity contribution in [3.8, 4) is 22.3 Å². The summed E-state index contributed by atoms with van der Waals surface area (Å²) in [4.78, 5) is 0. The molecular weight excluding hydrogens is 759 g/mol. The van der Waals surface area contributed by atoms with Crippen molar-refractivity contribution >= 4 is 76.3 Å². The summed E-state index contributed by atoms with van der Waals surface area (Å²) in [5.41, 5.74) is 9.13. The van der Waals surface area contributed by atoms with Crippen LogP contribution in [0.2, 0.25) is 0 Å². The lowest BCUT2D eigenvalue weighted by molar-refractivity contribution is 0.425. The summed E-state index contributed by atoms with van der Waals surface area (Å²) in [7, 11) is -1.35. The summed E-state index contributed by atoms with van der Waals surface area (Å²) in [5.74, 6) is 0. The maximum Gasteiger partial charge on any atom is 0.488 e. The van der Waals surface area contributed by atoms with Gasteiger partial charge in [-0.1, -0.05) is 153 Å². The first kappa shape index (κ1) is 32.5. The Labute approximate surface area is 271 Å². The fourth-order valence-electron chi connectivity index (χ4n) is 3.92. The normalized spacial score (nSPS) is 10.1. The molecule has 0 saturated heterocycles. The third-order valence-corrected chi connectivity index (χ3v) is 7.60. The van der Waals surface area contributed by atoms with Gasteiger partial charge in [-0.05, 0) is 84.9 Å². The highest BCUT2D eigenvalue weighted by Crippen LogP contribution is 2.31. The monoisotopic (exact) mass is 784 g/mol. The summed E-state index contributed by atoms with van der Waals surface area (Å²) in [5, 5.41) is 17.4. The van der Waals surface area contributed by atoms with E-state index in [4.69, 9.17) is 10.0 Å². The number of halogens is 4. The maximum atomic E-state index is 8.70. The van der Waals surface area contributed by atoms with Gasteiger partial charge >= 0.3 is 7.12 Å². The quantitative estimate of drug-likeness (QED) is 0.179. The summed E-state index contributed by atoms with van der Waals surface area (Å²) in [6.07, 6.45) is 0. The van der Waals surface area contributed by atoms with Crippen molar-refractivity contribution < 1.29 is 10.0 Å². The minimum Gasteiger partial charge on any atom is -0.423 e. The highest BCUT2D eigenvalue weighted by molar-refractivity contribution is 9.11. The second kappa shape index (κ2) is 15.9. The molecule has 7 heteroatoms. The van der Waals surface area contributed by atoms with E-state index in [1.165, 1.54) is 33.4 Å². The second-order valence-corrected chi connectivity index (χ2v) is 13.0. The molecule has 5 rings (SSSR count). The molecule has 0 amide bonds. The van der Waals surface area contributed by atoms with Crippen LogP contribution in [0, 0.1) is 20.8 Å². The Bertz CT molecular complexity index is 1460. The molecule has 40 heavy (non-hydrogen) atoms. The Balaban J connectivity index is 0.000000193. The van der Waals surface area contributed by atoms with Crippen LogP contribution < -0.4 is 5.46 Å². The zero-order valence-corrected chi connectivity index (χ0v) is 28.7. The van der Waals surface area contributed by atoms with Crippen molar-refractivity contribution in [1.82, 2.24) is 0 Å². The van der Waals surface area contributed by atoms with Gasteiger partial charge in [-0.2, -0.15) is 0 Å². The standard InChI is InChI=1S/C20H17Br.C7H9BO2.C6H3Br3/c1-14-5-3-7-16(9-14)18-11-19(13-20(21)12-18)17-8-4-6-15(2)10-17;1-6-3-2-4-7(5-6)8(9)10;7-4-1-5(8)3-6(9)2-4/h3-13H,1-2H3;2-5,9-10H,1H3;1-3H. The fraction of sp³-hybridized carbons (Fsp3) is 0.0909. The second-order valence-electron chi connectivity index (χ2n) is 9.34. The van der Waals surface area contributed by atoms with Crippen molar-refractivity contribution in [3.63, 3.8) is 0 Å². The average molecular weight is 788 g/mol. The highest BCUT2D eigenvalue weighted by atomic mass is 79.9. The Morgan fingerprint density at radius 2 is 0.800 bits per heavy atom. The highest BCUT2D eigenvalue weighted by Gasteiger charge is 2.09. The summed E-state index contributed by atoms with van der Waals surface area (Å²) in [6, 6.07) is 36.9. The topological polar surface area (TPSA) is 40.5 Å². The van der Waals surface area contributed by atoms with E-state index in [0.29, 0.717) is 5.46 Å². The largest absolute Gasteiger partial charge is 0.488 e. The Morgan fingerprint density at radius 1 is 0.425 bits per heavy atom. The summed E-state index contributed by atoms with van der Waals surface area (Å²) in [6.45, 7) is 6.16. The molecule has 0 fully saturated rings. The Morgan fingerprint density at radius 3 is 1.15 bits per heavy atom. The molecule has 5 aromatic rings. The molecule has 0 aliphatic rings. The minimum atomic E-state index is -1.35. The van der Waals surface area contributed by atoms with Crippen molar-refractivity contribution in [2.45, 2.75) is 20.8 Å². The molecular formula is C33H29BBr4O2. The maximum absolute atomic E-state index is 8.70. The van der Waals surface area contributed by atoms with Crippen LogP contribution in [-0.4, -0.2) is 17.2 Å². The lowest BCUT2D eigenvalue weighted by Gasteiger charge is -2.09. The lowest BCUT2D eigenvalue weighted by Crippen LogP contribution is -2.29. The van der Waals surface area contributed by atoms with Crippen LogP contribution in [0.1, 0.15) is 16.7 Å². The van der Waals surface area contributed by atoms with Crippen LogP contribution in [-0.2, 0) is 0 Å². The third kappa shape index (κ3) is 10.8. The van der Waals surface area contributed by atoms with Crippen molar-refractivity contribution in [2.24, 2.45) is 0 Å². The third-order valence-electron chi connectivity index (χ3n) is 5.77. The van der Waals surface area contributed by atoms with Crippen molar-refractivity contribution in [2.75, 3.05) is 0 Å². The van der Waals surface area contributed by atoms with Gasteiger partial charge in [-0.25, -0.2) is 0 Å². The first-order valence-corrected chi connectivity index (χ1v) is 15.7.